The van der Waals surface area contributed by atoms with Gasteiger partial charge in [-0.2, -0.15) is 0 Å². The molecule has 1 rings (SSSR count). The van der Waals surface area contributed by atoms with Crippen molar-refractivity contribution in [2.24, 2.45) is 4.99 Å². The number of aliphatic imine (C=N–C) groups is 1. The van der Waals surface area contributed by atoms with Crippen molar-refractivity contribution in [3.63, 3.8) is 0 Å². The first kappa shape index (κ1) is 15.1. The van der Waals surface area contributed by atoms with Crippen LogP contribution in [0.1, 0.15) is 6.92 Å². The zero-order chi connectivity index (χ0) is 13.4. The predicted octanol–water partition coefficient (Wildman–Crippen LogP) is 2.62. The molecular weight excluding hydrogens is 296 g/mol. The zero-order valence-corrected chi connectivity index (χ0v) is 12.4. The smallest absolute Gasteiger partial charge is 0.0860 e. The van der Waals surface area contributed by atoms with Gasteiger partial charge in [0.1, 0.15) is 0 Å². The number of likely N-dealkylation sites (N-methyl/N-ethyl adjacent to an activating group) is 1. The van der Waals surface area contributed by atoms with Crippen molar-refractivity contribution < 1.29 is 9.84 Å². The molecule has 0 atom stereocenters. The molecule has 1 N–H and O–H groups in total. The third-order valence-electron chi connectivity index (χ3n) is 2.44. The summed E-state index contributed by atoms with van der Waals surface area (Å²) in [5.41, 5.74) is 1.85. The number of hydrogen-bond donors (Lipinski definition) is 1. The van der Waals surface area contributed by atoms with E-state index in [1.54, 1.807) is 0 Å². The van der Waals surface area contributed by atoms with E-state index >= 15 is 0 Å². The maximum absolute atomic E-state index is 8.79. The summed E-state index contributed by atoms with van der Waals surface area (Å²) in [7, 11) is 2.00. The van der Waals surface area contributed by atoms with Gasteiger partial charge in [0.05, 0.1) is 24.6 Å². The topological polar surface area (TPSA) is 45.1 Å². The molecule has 0 fully saturated rings. The Morgan fingerprint density at radius 2 is 2.28 bits per heavy atom. The van der Waals surface area contributed by atoms with Crippen LogP contribution in [-0.4, -0.2) is 44.7 Å². The Kier molecular flexibility index (Phi) is 6.93. The van der Waals surface area contributed by atoms with E-state index in [-0.39, 0.29) is 6.61 Å². The highest BCUT2D eigenvalue weighted by Crippen LogP contribution is 2.30. The van der Waals surface area contributed by atoms with Crippen molar-refractivity contribution in [1.82, 2.24) is 0 Å². The molecule has 4 nitrogen and oxygen atoms in total. The quantitative estimate of drug-likeness (QED) is 0.621. The zero-order valence-electron chi connectivity index (χ0n) is 10.8. The van der Waals surface area contributed by atoms with Gasteiger partial charge in [-0.05, 0) is 25.1 Å². The molecule has 0 aromatic heterocycles. The second-order valence-electron chi connectivity index (χ2n) is 3.75. The minimum atomic E-state index is -0.0574. The number of benzene rings is 1. The lowest BCUT2D eigenvalue weighted by Crippen LogP contribution is -2.22. The van der Waals surface area contributed by atoms with Crippen molar-refractivity contribution in [2.75, 3.05) is 38.3 Å². The van der Waals surface area contributed by atoms with Gasteiger partial charge >= 0.3 is 0 Å². The Morgan fingerprint density at radius 1 is 1.50 bits per heavy atom. The second-order valence-corrected chi connectivity index (χ2v) is 4.66. The molecule has 0 radical (unpaired) electrons. The van der Waals surface area contributed by atoms with Crippen LogP contribution in [0.2, 0.25) is 0 Å². The molecule has 0 aliphatic carbocycles. The fourth-order valence-corrected chi connectivity index (χ4v) is 1.87. The molecule has 0 heterocycles. The van der Waals surface area contributed by atoms with E-state index in [2.05, 4.69) is 25.8 Å². The van der Waals surface area contributed by atoms with Crippen LogP contribution in [0.25, 0.3) is 0 Å². The molecule has 0 unspecified atom stereocenters. The summed E-state index contributed by atoms with van der Waals surface area (Å²) in [5, 5.41) is 8.79. The third-order valence-corrected chi connectivity index (χ3v) is 2.93. The number of halogens is 1. The number of rotatable bonds is 7. The van der Waals surface area contributed by atoms with Gasteiger partial charge < -0.3 is 14.7 Å². The molecule has 1 aromatic carbocycles. The van der Waals surface area contributed by atoms with Crippen molar-refractivity contribution in [3.05, 3.63) is 22.7 Å². The van der Waals surface area contributed by atoms with Crippen LogP contribution in [0.4, 0.5) is 11.4 Å². The first-order valence-electron chi connectivity index (χ1n) is 5.90. The fraction of sp³-hybridized carbons (Fsp3) is 0.462. The SMILES string of the molecule is CCOCCN(C)c1cc(Br)ccc1N=CCO. The highest BCUT2D eigenvalue weighted by Gasteiger charge is 2.07. The molecule has 18 heavy (non-hydrogen) atoms. The van der Waals surface area contributed by atoms with E-state index < -0.39 is 0 Å². The van der Waals surface area contributed by atoms with Gasteiger partial charge in [0.15, 0.2) is 0 Å². The summed E-state index contributed by atoms with van der Waals surface area (Å²) in [6.45, 7) is 4.13. The Balaban J connectivity index is 2.83. The number of aliphatic hydroxyl groups is 1. The molecule has 5 heteroatoms. The molecule has 0 bridgehead atoms. The summed E-state index contributed by atoms with van der Waals surface area (Å²) >= 11 is 3.46. The number of hydrogen-bond acceptors (Lipinski definition) is 4. The van der Waals surface area contributed by atoms with Crippen molar-refractivity contribution in [1.29, 1.82) is 0 Å². The summed E-state index contributed by atoms with van der Waals surface area (Å²) in [5.74, 6) is 0. The van der Waals surface area contributed by atoms with E-state index in [9.17, 15) is 0 Å². The van der Waals surface area contributed by atoms with Gasteiger partial charge in [0.2, 0.25) is 0 Å². The van der Waals surface area contributed by atoms with Gasteiger partial charge in [0.25, 0.3) is 0 Å². The van der Waals surface area contributed by atoms with Gasteiger partial charge in [-0.1, -0.05) is 15.9 Å². The van der Waals surface area contributed by atoms with Crippen molar-refractivity contribution in [2.45, 2.75) is 6.92 Å². The van der Waals surface area contributed by atoms with Gasteiger partial charge in [-0.15, -0.1) is 0 Å². The number of nitrogens with zero attached hydrogens (tertiary/aromatic N) is 2. The van der Waals surface area contributed by atoms with E-state index in [1.807, 2.05) is 32.2 Å². The normalized spacial score (nSPS) is 11.1. The molecule has 0 spiro atoms. The average molecular weight is 315 g/mol. The molecular formula is C13H19BrN2O2. The summed E-state index contributed by atoms with van der Waals surface area (Å²) < 4.78 is 6.35. The first-order chi connectivity index (χ1) is 8.69. The highest BCUT2D eigenvalue weighted by molar-refractivity contribution is 9.10. The predicted molar refractivity (Wildman–Crippen MR) is 79.1 cm³/mol. The third kappa shape index (κ3) is 4.76. The molecule has 0 saturated heterocycles. The molecule has 0 saturated carbocycles. The largest absolute Gasteiger partial charge is 0.391 e. The van der Waals surface area contributed by atoms with Crippen LogP contribution in [0.5, 0.6) is 0 Å². The highest BCUT2D eigenvalue weighted by atomic mass is 79.9. The Hall–Kier alpha value is -0.910. The number of ether oxygens (including phenoxy) is 1. The van der Waals surface area contributed by atoms with Crippen LogP contribution in [0.15, 0.2) is 27.7 Å². The Labute approximate surface area is 116 Å². The van der Waals surface area contributed by atoms with E-state index in [0.717, 1.165) is 29.0 Å². The Morgan fingerprint density at radius 3 is 2.94 bits per heavy atom. The second kappa shape index (κ2) is 8.24. The van der Waals surface area contributed by atoms with Gasteiger partial charge in [-0.25, -0.2) is 0 Å². The summed E-state index contributed by atoms with van der Waals surface area (Å²) in [6.07, 6.45) is 1.49. The minimum absolute atomic E-state index is 0.0574. The van der Waals surface area contributed by atoms with Crippen LogP contribution in [-0.2, 0) is 4.74 Å². The van der Waals surface area contributed by atoms with Crippen molar-refractivity contribution >= 4 is 33.5 Å². The van der Waals surface area contributed by atoms with E-state index in [1.165, 1.54) is 6.21 Å². The fourth-order valence-electron chi connectivity index (χ4n) is 1.52. The van der Waals surface area contributed by atoms with E-state index in [4.69, 9.17) is 9.84 Å². The number of anilines is 1. The number of aliphatic hydroxyl groups excluding tert-OH is 1. The summed E-state index contributed by atoms with van der Waals surface area (Å²) in [4.78, 5) is 6.32. The van der Waals surface area contributed by atoms with Crippen molar-refractivity contribution in [3.8, 4) is 0 Å². The van der Waals surface area contributed by atoms with Crippen LogP contribution >= 0.6 is 15.9 Å². The van der Waals surface area contributed by atoms with Gasteiger partial charge in [-0.3, -0.25) is 4.99 Å². The van der Waals surface area contributed by atoms with Gasteiger partial charge in [0, 0.05) is 30.9 Å². The average Bonchev–Trinajstić information content (AvgIpc) is 2.37. The minimum Gasteiger partial charge on any atom is -0.391 e. The molecule has 0 amide bonds. The summed E-state index contributed by atoms with van der Waals surface area (Å²) in [6, 6.07) is 5.86. The Bertz CT molecular complexity index is 397. The van der Waals surface area contributed by atoms with Crippen LogP contribution in [0.3, 0.4) is 0 Å². The molecule has 100 valence electrons. The lowest BCUT2D eigenvalue weighted by molar-refractivity contribution is 0.154. The van der Waals surface area contributed by atoms with E-state index in [0.29, 0.717) is 6.61 Å². The maximum atomic E-state index is 8.79. The standard InChI is InChI=1S/C13H19BrN2O2/c1-3-18-9-7-16(2)13-10-11(14)4-5-12(13)15-6-8-17/h4-6,10,17H,3,7-9H2,1-2H3. The lowest BCUT2D eigenvalue weighted by atomic mass is 10.2. The lowest BCUT2D eigenvalue weighted by Gasteiger charge is -2.21. The molecule has 0 aliphatic rings. The van der Waals surface area contributed by atoms with Crippen LogP contribution in [0, 0.1) is 0 Å². The monoisotopic (exact) mass is 314 g/mol. The van der Waals surface area contributed by atoms with Crippen LogP contribution < -0.4 is 4.90 Å². The molecule has 0 aliphatic heterocycles. The first-order valence-corrected chi connectivity index (χ1v) is 6.70. The molecule has 1 aromatic rings. The maximum Gasteiger partial charge on any atom is 0.0860 e.